The summed E-state index contributed by atoms with van der Waals surface area (Å²) in [5.74, 6) is 0.804. The van der Waals surface area contributed by atoms with Crippen molar-refractivity contribution in [1.29, 1.82) is 0 Å². The second-order valence-corrected chi connectivity index (χ2v) is 6.89. The van der Waals surface area contributed by atoms with Crippen LogP contribution in [0.2, 0.25) is 0 Å². The van der Waals surface area contributed by atoms with Crippen LogP contribution in [0.25, 0.3) is 0 Å². The second kappa shape index (κ2) is 8.45. The predicted octanol–water partition coefficient (Wildman–Crippen LogP) is 4.05. The highest BCUT2D eigenvalue weighted by Crippen LogP contribution is 2.19. The van der Waals surface area contributed by atoms with Gasteiger partial charge in [0.25, 0.3) is 0 Å². The van der Waals surface area contributed by atoms with Crippen LogP contribution >= 0.6 is 0 Å². The van der Waals surface area contributed by atoms with E-state index in [1.54, 1.807) is 19.1 Å². The first-order chi connectivity index (χ1) is 12.1. The van der Waals surface area contributed by atoms with E-state index in [4.69, 9.17) is 9.47 Å². The van der Waals surface area contributed by atoms with Gasteiger partial charge in [-0.1, -0.05) is 30.3 Å². The van der Waals surface area contributed by atoms with Gasteiger partial charge >= 0.3 is 0 Å². The zero-order chi connectivity index (χ0) is 17.6. The summed E-state index contributed by atoms with van der Waals surface area (Å²) in [6, 6.07) is 15.8. The van der Waals surface area contributed by atoms with Gasteiger partial charge in [0, 0.05) is 25.0 Å². The van der Waals surface area contributed by atoms with Crippen molar-refractivity contribution in [3.8, 4) is 5.75 Å². The summed E-state index contributed by atoms with van der Waals surface area (Å²) >= 11 is 0. The predicted molar refractivity (Wildman–Crippen MR) is 97.3 cm³/mol. The van der Waals surface area contributed by atoms with Crippen LogP contribution in [0.15, 0.2) is 48.5 Å². The Hall–Kier alpha value is -1.91. The Labute approximate surface area is 149 Å². The molecule has 1 saturated heterocycles. The SMILES string of the molecule is Cc1cc(OCC2COCC(C)N(Cc3ccccc3)C2)ccc1F. The zero-order valence-corrected chi connectivity index (χ0v) is 15.0. The lowest BCUT2D eigenvalue weighted by atomic mass is 10.1. The molecule has 2 atom stereocenters. The van der Waals surface area contributed by atoms with Gasteiger partial charge in [-0.3, -0.25) is 4.90 Å². The van der Waals surface area contributed by atoms with E-state index >= 15 is 0 Å². The molecular formula is C21H26FNO2. The minimum atomic E-state index is -0.201. The number of halogens is 1. The molecule has 0 radical (unpaired) electrons. The molecule has 3 rings (SSSR count). The maximum atomic E-state index is 13.4. The molecule has 1 heterocycles. The van der Waals surface area contributed by atoms with E-state index in [1.165, 1.54) is 11.6 Å². The molecule has 2 aromatic carbocycles. The Kier molecular flexibility index (Phi) is 6.05. The second-order valence-electron chi connectivity index (χ2n) is 6.89. The number of hydrogen-bond donors (Lipinski definition) is 0. The summed E-state index contributed by atoms with van der Waals surface area (Å²) in [6.45, 7) is 7.79. The molecule has 0 aromatic heterocycles. The fraction of sp³-hybridized carbons (Fsp3) is 0.429. The molecule has 1 aliphatic heterocycles. The van der Waals surface area contributed by atoms with Crippen molar-refractivity contribution in [2.75, 3.05) is 26.4 Å². The average molecular weight is 343 g/mol. The summed E-state index contributed by atoms with van der Waals surface area (Å²) in [4.78, 5) is 2.45. The average Bonchev–Trinajstić information content (AvgIpc) is 2.79. The zero-order valence-electron chi connectivity index (χ0n) is 15.0. The van der Waals surface area contributed by atoms with Gasteiger partial charge in [0.2, 0.25) is 0 Å². The van der Waals surface area contributed by atoms with Crippen molar-refractivity contribution in [2.45, 2.75) is 26.4 Å². The minimum absolute atomic E-state index is 0.201. The molecule has 1 aliphatic rings. The molecule has 3 nitrogen and oxygen atoms in total. The Morgan fingerprint density at radius 3 is 2.72 bits per heavy atom. The van der Waals surface area contributed by atoms with E-state index in [1.807, 2.05) is 6.07 Å². The van der Waals surface area contributed by atoms with Crippen molar-refractivity contribution in [3.63, 3.8) is 0 Å². The van der Waals surface area contributed by atoms with E-state index < -0.39 is 0 Å². The highest BCUT2D eigenvalue weighted by atomic mass is 19.1. The molecule has 0 N–H and O–H groups in total. The number of rotatable bonds is 5. The van der Waals surface area contributed by atoms with Crippen LogP contribution in [0.1, 0.15) is 18.1 Å². The van der Waals surface area contributed by atoms with Gasteiger partial charge in [-0.2, -0.15) is 0 Å². The molecule has 2 unspecified atom stereocenters. The standard InChI is InChI=1S/C21H26FNO2/c1-16-10-20(8-9-21(16)22)25-15-19-12-23(17(2)13-24-14-19)11-18-6-4-3-5-7-18/h3-10,17,19H,11-15H2,1-2H3. The molecule has 25 heavy (non-hydrogen) atoms. The fourth-order valence-corrected chi connectivity index (χ4v) is 3.14. The first kappa shape index (κ1) is 17.9. The van der Waals surface area contributed by atoms with Crippen LogP contribution in [-0.4, -0.2) is 37.3 Å². The maximum absolute atomic E-state index is 13.4. The Bertz CT molecular complexity index is 677. The highest BCUT2D eigenvalue weighted by molar-refractivity contribution is 5.28. The van der Waals surface area contributed by atoms with E-state index in [9.17, 15) is 4.39 Å². The first-order valence-electron chi connectivity index (χ1n) is 8.86. The summed E-state index contributed by atoms with van der Waals surface area (Å²) in [7, 11) is 0. The van der Waals surface area contributed by atoms with Gasteiger partial charge in [0.15, 0.2) is 0 Å². The largest absolute Gasteiger partial charge is 0.493 e. The van der Waals surface area contributed by atoms with Gasteiger partial charge in [0.1, 0.15) is 11.6 Å². The fourth-order valence-electron chi connectivity index (χ4n) is 3.14. The van der Waals surface area contributed by atoms with Crippen molar-refractivity contribution >= 4 is 0 Å². The third-order valence-corrected chi connectivity index (χ3v) is 4.67. The Morgan fingerprint density at radius 1 is 1.16 bits per heavy atom. The van der Waals surface area contributed by atoms with Crippen molar-refractivity contribution < 1.29 is 13.9 Å². The molecule has 0 bridgehead atoms. The quantitative estimate of drug-likeness (QED) is 0.817. The van der Waals surface area contributed by atoms with Gasteiger partial charge < -0.3 is 9.47 Å². The molecule has 0 amide bonds. The number of nitrogens with zero attached hydrogens (tertiary/aromatic N) is 1. The first-order valence-corrected chi connectivity index (χ1v) is 8.86. The van der Waals surface area contributed by atoms with Gasteiger partial charge in [0.05, 0.1) is 19.8 Å². The lowest BCUT2D eigenvalue weighted by molar-refractivity contribution is 0.0895. The molecule has 2 aromatic rings. The molecule has 1 fully saturated rings. The summed E-state index contributed by atoms with van der Waals surface area (Å²) in [6.07, 6.45) is 0. The van der Waals surface area contributed by atoms with Gasteiger partial charge in [-0.05, 0) is 43.2 Å². The third-order valence-electron chi connectivity index (χ3n) is 4.67. The summed E-state index contributed by atoms with van der Waals surface area (Å²) in [5, 5.41) is 0. The maximum Gasteiger partial charge on any atom is 0.126 e. The third kappa shape index (κ3) is 5.03. The monoisotopic (exact) mass is 343 g/mol. The molecule has 4 heteroatoms. The van der Waals surface area contributed by atoms with E-state index in [2.05, 4.69) is 36.1 Å². The number of ether oxygens (including phenoxy) is 2. The van der Waals surface area contributed by atoms with Crippen molar-refractivity contribution in [2.24, 2.45) is 5.92 Å². The molecule has 0 aliphatic carbocycles. The Morgan fingerprint density at radius 2 is 1.96 bits per heavy atom. The van der Waals surface area contributed by atoms with Crippen LogP contribution in [0.3, 0.4) is 0 Å². The van der Waals surface area contributed by atoms with Crippen LogP contribution in [0, 0.1) is 18.7 Å². The number of hydrogen-bond acceptors (Lipinski definition) is 3. The number of benzene rings is 2. The van der Waals surface area contributed by atoms with E-state index in [0.29, 0.717) is 36.5 Å². The highest BCUT2D eigenvalue weighted by Gasteiger charge is 2.24. The van der Waals surface area contributed by atoms with E-state index in [0.717, 1.165) is 19.7 Å². The molecule has 0 spiro atoms. The summed E-state index contributed by atoms with van der Waals surface area (Å²) in [5.41, 5.74) is 1.92. The van der Waals surface area contributed by atoms with Crippen LogP contribution in [0.4, 0.5) is 4.39 Å². The van der Waals surface area contributed by atoms with E-state index in [-0.39, 0.29) is 5.82 Å². The summed E-state index contributed by atoms with van der Waals surface area (Å²) < 4.78 is 25.1. The molecule has 0 saturated carbocycles. The number of aryl methyl sites for hydroxylation is 1. The van der Waals surface area contributed by atoms with Crippen LogP contribution in [0.5, 0.6) is 5.75 Å². The van der Waals surface area contributed by atoms with Crippen molar-refractivity contribution in [3.05, 3.63) is 65.5 Å². The lowest BCUT2D eigenvalue weighted by Gasteiger charge is -2.28. The Balaban J connectivity index is 1.60. The van der Waals surface area contributed by atoms with Crippen LogP contribution in [-0.2, 0) is 11.3 Å². The van der Waals surface area contributed by atoms with Crippen molar-refractivity contribution in [1.82, 2.24) is 4.90 Å². The minimum Gasteiger partial charge on any atom is -0.493 e. The van der Waals surface area contributed by atoms with Crippen LogP contribution < -0.4 is 4.74 Å². The molecule has 134 valence electrons. The lowest BCUT2D eigenvalue weighted by Crippen LogP contribution is -2.37. The van der Waals surface area contributed by atoms with Gasteiger partial charge in [-0.15, -0.1) is 0 Å². The van der Waals surface area contributed by atoms with Gasteiger partial charge in [-0.25, -0.2) is 4.39 Å². The molecular weight excluding hydrogens is 317 g/mol. The smallest absolute Gasteiger partial charge is 0.126 e. The normalized spacial score (nSPS) is 21.7. The topological polar surface area (TPSA) is 21.7 Å².